The summed E-state index contributed by atoms with van der Waals surface area (Å²) in [5.41, 5.74) is 0.155. The van der Waals surface area contributed by atoms with Crippen LogP contribution >= 0.6 is 15.9 Å². The first-order chi connectivity index (χ1) is 8.90. The Bertz CT molecular complexity index is 645. The molecule has 1 nitrogen and oxygen atoms in total. The molecule has 0 saturated heterocycles. The molecule has 0 aliphatic carbocycles. The predicted molar refractivity (Wildman–Crippen MR) is 68.6 cm³/mol. The predicted octanol–water partition coefficient (Wildman–Crippen LogP) is 4.41. The van der Waals surface area contributed by atoms with Crippen LogP contribution in [0.5, 0.6) is 0 Å². The molecule has 0 aliphatic heterocycles. The van der Waals surface area contributed by atoms with E-state index in [0.717, 1.165) is 10.0 Å². The minimum atomic E-state index is -1.21. The molecule has 98 valence electrons. The molecule has 0 unspecified atom stereocenters. The molecule has 0 spiro atoms. The van der Waals surface area contributed by atoms with Crippen molar-refractivity contribution in [3.8, 4) is 0 Å². The summed E-state index contributed by atoms with van der Waals surface area (Å²) >= 11 is 3.26. The Morgan fingerprint density at radius 3 is 2.16 bits per heavy atom. The monoisotopic (exact) mass is 328 g/mol. The zero-order chi connectivity index (χ0) is 14.2. The van der Waals surface area contributed by atoms with Crippen LogP contribution in [-0.4, -0.2) is 5.78 Å². The molecule has 0 amide bonds. The van der Waals surface area contributed by atoms with Crippen molar-refractivity contribution in [3.63, 3.8) is 0 Å². The fraction of sp³-hybridized carbons (Fsp3) is 0.0714. The standard InChI is InChI=1S/C14H8BrF3O/c1-7-4-8(2-3-10(7)15)14(19)13-11(17)5-9(16)6-12(13)18/h2-6H,1H3. The summed E-state index contributed by atoms with van der Waals surface area (Å²) in [6.45, 7) is 1.75. The van der Waals surface area contributed by atoms with Crippen molar-refractivity contribution < 1.29 is 18.0 Å². The highest BCUT2D eigenvalue weighted by Crippen LogP contribution is 2.22. The van der Waals surface area contributed by atoms with Gasteiger partial charge in [0.2, 0.25) is 0 Å². The molecule has 0 heterocycles. The van der Waals surface area contributed by atoms with E-state index in [1.165, 1.54) is 12.1 Å². The molecule has 2 aromatic carbocycles. The fourth-order valence-corrected chi connectivity index (χ4v) is 1.94. The van der Waals surface area contributed by atoms with Crippen LogP contribution in [0.3, 0.4) is 0 Å². The molecular weight excluding hydrogens is 321 g/mol. The Kier molecular flexibility index (Phi) is 3.75. The van der Waals surface area contributed by atoms with Gasteiger partial charge in [-0.1, -0.05) is 15.9 Å². The minimum absolute atomic E-state index is 0.144. The topological polar surface area (TPSA) is 17.1 Å². The van der Waals surface area contributed by atoms with E-state index in [4.69, 9.17) is 0 Å². The molecule has 0 N–H and O–H groups in total. The quantitative estimate of drug-likeness (QED) is 0.746. The number of carbonyl (C=O) groups is 1. The van der Waals surface area contributed by atoms with Gasteiger partial charge in [0.05, 0.1) is 5.56 Å². The van der Waals surface area contributed by atoms with E-state index in [1.54, 1.807) is 13.0 Å². The molecule has 0 aliphatic rings. The van der Waals surface area contributed by atoms with Gasteiger partial charge < -0.3 is 0 Å². The maximum absolute atomic E-state index is 13.5. The van der Waals surface area contributed by atoms with Crippen molar-refractivity contribution in [1.82, 2.24) is 0 Å². The van der Waals surface area contributed by atoms with Crippen molar-refractivity contribution in [2.45, 2.75) is 6.92 Å². The third kappa shape index (κ3) is 2.71. The van der Waals surface area contributed by atoms with Gasteiger partial charge in [0.1, 0.15) is 17.5 Å². The molecule has 0 radical (unpaired) electrons. The molecule has 2 aromatic rings. The lowest BCUT2D eigenvalue weighted by molar-refractivity contribution is 0.103. The first-order valence-electron chi connectivity index (χ1n) is 5.35. The van der Waals surface area contributed by atoms with E-state index < -0.39 is 28.8 Å². The van der Waals surface area contributed by atoms with Gasteiger partial charge in [-0.2, -0.15) is 0 Å². The number of rotatable bonds is 2. The van der Waals surface area contributed by atoms with E-state index in [2.05, 4.69) is 15.9 Å². The van der Waals surface area contributed by atoms with Crippen molar-refractivity contribution in [2.24, 2.45) is 0 Å². The van der Waals surface area contributed by atoms with Crippen LogP contribution < -0.4 is 0 Å². The van der Waals surface area contributed by atoms with E-state index in [9.17, 15) is 18.0 Å². The van der Waals surface area contributed by atoms with E-state index in [-0.39, 0.29) is 5.56 Å². The van der Waals surface area contributed by atoms with Crippen molar-refractivity contribution in [3.05, 3.63) is 68.9 Å². The largest absolute Gasteiger partial charge is 0.288 e. The van der Waals surface area contributed by atoms with Gasteiger partial charge in [-0.3, -0.25) is 4.79 Å². The minimum Gasteiger partial charge on any atom is -0.288 e. The summed E-state index contributed by atoms with van der Waals surface area (Å²) in [5, 5.41) is 0. The van der Waals surface area contributed by atoms with Crippen LogP contribution in [0.15, 0.2) is 34.8 Å². The number of hydrogen-bond donors (Lipinski definition) is 0. The highest BCUT2D eigenvalue weighted by atomic mass is 79.9. The van der Waals surface area contributed by atoms with Crippen molar-refractivity contribution >= 4 is 21.7 Å². The molecule has 0 aromatic heterocycles. The summed E-state index contributed by atoms with van der Waals surface area (Å²) in [6.07, 6.45) is 0. The normalized spacial score (nSPS) is 10.6. The van der Waals surface area contributed by atoms with E-state index >= 15 is 0 Å². The second kappa shape index (κ2) is 5.17. The van der Waals surface area contributed by atoms with Gasteiger partial charge in [-0.25, -0.2) is 13.2 Å². The lowest BCUT2D eigenvalue weighted by Crippen LogP contribution is -2.08. The van der Waals surface area contributed by atoms with Gasteiger partial charge >= 0.3 is 0 Å². The molecule has 0 saturated carbocycles. The number of ketones is 1. The van der Waals surface area contributed by atoms with Gasteiger partial charge in [-0.05, 0) is 30.7 Å². The molecule has 19 heavy (non-hydrogen) atoms. The lowest BCUT2D eigenvalue weighted by Gasteiger charge is -2.06. The average Bonchev–Trinajstić information content (AvgIpc) is 2.31. The Hall–Kier alpha value is -1.62. The number of carbonyl (C=O) groups excluding carboxylic acids is 1. The number of benzene rings is 2. The van der Waals surface area contributed by atoms with E-state index in [1.807, 2.05) is 0 Å². The lowest BCUT2D eigenvalue weighted by atomic mass is 10.0. The van der Waals surface area contributed by atoms with Crippen LogP contribution in [0, 0.1) is 24.4 Å². The Labute approximate surface area is 116 Å². The van der Waals surface area contributed by atoms with Gasteiger partial charge in [0.25, 0.3) is 0 Å². The number of aryl methyl sites for hydroxylation is 1. The highest BCUT2D eigenvalue weighted by Gasteiger charge is 2.20. The Morgan fingerprint density at radius 2 is 1.63 bits per heavy atom. The van der Waals surface area contributed by atoms with Crippen molar-refractivity contribution in [2.75, 3.05) is 0 Å². The van der Waals surface area contributed by atoms with Crippen LogP contribution in [0.25, 0.3) is 0 Å². The third-order valence-corrected chi connectivity index (χ3v) is 3.54. The summed E-state index contributed by atoms with van der Waals surface area (Å²) < 4.78 is 40.6. The summed E-state index contributed by atoms with van der Waals surface area (Å²) in [4.78, 5) is 12.0. The molecule has 2 rings (SSSR count). The zero-order valence-electron chi connectivity index (χ0n) is 9.81. The summed E-state index contributed by atoms with van der Waals surface area (Å²) in [5.74, 6) is -4.28. The Morgan fingerprint density at radius 1 is 1.05 bits per heavy atom. The van der Waals surface area contributed by atoms with Crippen LogP contribution in [0.1, 0.15) is 21.5 Å². The summed E-state index contributed by atoms with van der Waals surface area (Å²) in [7, 11) is 0. The molecule has 0 atom stereocenters. The van der Waals surface area contributed by atoms with Gasteiger partial charge in [0, 0.05) is 22.2 Å². The second-order valence-electron chi connectivity index (χ2n) is 4.04. The maximum atomic E-state index is 13.5. The second-order valence-corrected chi connectivity index (χ2v) is 4.89. The fourth-order valence-electron chi connectivity index (χ4n) is 1.69. The number of hydrogen-bond acceptors (Lipinski definition) is 1. The highest BCUT2D eigenvalue weighted by molar-refractivity contribution is 9.10. The van der Waals surface area contributed by atoms with E-state index in [0.29, 0.717) is 12.1 Å². The zero-order valence-corrected chi connectivity index (χ0v) is 11.4. The number of halogens is 4. The van der Waals surface area contributed by atoms with Crippen LogP contribution in [-0.2, 0) is 0 Å². The first kappa shape index (κ1) is 13.8. The van der Waals surface area contributed by atoms with Crippen LogP contribution in [0.2, 0.25) is 0 Å². The summed E-state index contributed by atoms with van der Waals surface area (Å²) in [6, 6.07) is 5.54. The maximum Gasteiger partial charge on any atom is 0.198 e. The van der Waals surface area contributed by atoms with Crippen molar-refractivity contribution in [1.29, 1.82) is 0 Å². The van der Waals surface area contributed by atoms with Gasteiger partial charge in [-0.15, -0.1) is 0 Å². The first-order valence-corrected chi connectivity index (χ1v) is 6.15. The molecular formula is C14H8BrF3O. The van der Waals surface area contributed by atoms with Crippen LogP contribution in [0.4, 0.5) is 13.2 Å². The average molecular weight is 329 g/mol. The Balaban J connectivity index is 2.53. The molecule has 0 fully saturated rings. The SMILES string of the molecule is Cc1cc(C(=O)c2c(F)cc(F)cc2F)ccc1Br. The van der Waals surface area contributed by atoms with Gasteiger partial charge in [0.15, 0.2) is 5.78 Å². The molecule has 0 bridgehead atoms. The third-order valence-electron chi connectivity index (χ3n) is 2.65. The molecule has 5 heteroatoms. The smallest absolute Gasteiger partial charge is 0.198 e.